The molecule has 1 unspecified atom stereocenters. The summed E-state index contributed by atoms with van der Waals surface area (Å²) in [6.45, 7) is 2.40. The molecule has 7 heteroatoms. The van der Waals surface area contributed by atoms with Crippen LogP contribution in [0.5, 0.6) is 0 Å². The van der Waals surface area contributed by atoms with E-state index in [-0.39, 0.29) is 18.3 Å². The maximum atomic E-state index is 12.3. The van der Waals surface area contributed by atoms with E-state index in [0.717, 1.165) is 6.54 Å². The monoisotopic (exact) mass is 270 g/mol. The largest absolute Gasteiger partial charge is 0.313 e. The third-order valence-electron chi connectivity index (χ3n) is 3.45. The average molecular weight is 270 g/mol. The van der Waals surface area contributed by atoms with E-state index in [0.29, 0.717) is 24.0 Å². The van der Waals surface area contributed by atoms with Gasteiger partial charge in [-0.3, -0.25) is 9.69 Å². The van der Waals surface area contributed by atoms with Crippen LogP contribution < -0.4 is 10.9 Å². The van der Waals surface area contributed by atoms with Crippen molar-refractivity contribution in [3.8, 4) is 6.07 Å². The number of aromatic nitrogens is 3. The van der Waals surface area contributed by atoms with Gasteiger partial charge in [-0.25, -0.2) is 0 Å². The van der Waals surface area contributed by atoms with Gasteiger partial charge in [0.15, 0.2) is 0 Å². The molecule has 3 rings (SSSR count). The lowest BCUT2D eigenvalue weighted by atomic mass is 10.2. The summed E-state index contributed by atoms with van der Waals surface area (Å²) >= 11 is 0. The molecule has 0 radical (unpaired) electrons. The summed E-state index contributed by atoms with van der Waals surface area (Å²) in [5, 5.41) is 20.8. The summed E-state index contributed by atoms with van der Waals surface area (Å²) in [6, 6.07) is 9.11. The van der Waals surface area contributed by atoms with Crippen molar-refractivity contribution in [3.05, 3.63) is 34.6 Å². The van der Waals surface area contributed by atoms with E-state index in [1.807, 2.05) is 11.0 Å². The first-order valence-electron chi connectivity index (χ1n) is 6.46. The molecule has 1 aromatic carbocycles. The van der Waals surface area contributed by atoms with Gasteiger partial charge in [0, 0.05) is 19.6 Å². The molecule has 0 aliphatic carbocycles. The van der Waals surface area contributed by atoms with Crippen LogP contribution >= 0.6 is 0 Å². The molecule has 1 aliphatic rings. The molecule has 7 nitrogen and oxygen atoms in total. The minimum absolute atomic E-state index is 0.175. The molecule has 0 spiro atoms. The fraction of sp³-hybridized carbons (Fsp3) is 0.385. The fourth-order valence-corrected chi connectivity index (χ4v) is 2.33. The highest BCUT2D eigenvalue weighted by Crippen LogP contribution is 2.06. The second kappa shape index (κ2) is 5.36. The second-order valence-electron chi connectivity index (χ2n) is 4.71. The SMILES string of the molecule is N#CC1CNCCN1Cn1nnc2ccccc2c1=O. The van der Waals surface area contributed by atoms with Gasteiger partial charge >= 0.3 is 0 Å². The zero-order valence-electron chi connectivity index (χ0n) is 10.9. The van der Waals surface area contributed by atoms with Gasteiger partial charge in [-0.15, -0.1) is 5.10 Å². The zero-order valence-corrected chi connectivity index (χ0v) is 10.9. The number of nitrogens with one attached hydrogen (secondary N) is 1. The van der Waals surface area contributed by atoms with Crippen molar-refractivity contribution in [1.82, 2.24) is 25.2 Å². The highest BCUT2D eigenvalue weighted by molar-refractivity contribution is 5.76. The van der Waals surface area contributed by atoms with Gasteiger partial charge in [-0.05, 0) is 12.1 Å². The van der Waals surface area contributed by atoms with E-state index in [1.165, 1.54) is 4.68 Å². The van der Waals surface area contributed by atoms with Crippen LogP contribution in [0, 0.1) is 11.3 Å². The molecule has 1 atom stereocenters. The maximum absolute atomic E-state index is 12.3. The Hall–Kier alpha value is -2.30. The molecule has 1 fully saturated rings. The number of nitrogens with zero attached hydrogens (tertiary/aromatic N) is 5. The molecule has 1 aliphatic heterocycles. The van der Waals surface area contributed by atoms with Crippen molar-refractivity contribution in [1.29, 1.82) is 5.26 Å². The van der Waals surface area contributed by atoms with Crippen molar-refractivity contribution in [2.45, 2.75) is 12.7 Å². The Morgan fingerprint density at radius 3 is 3.15 bits per heavy atom. The van der Waals surface area contributed by atoms with Crippen LogP contribution in [0.1, 0.15) is 0 Å². The zero-order chi connectivity index (χ0) is 13.9. The maximum Gasteiger partial charge on any atom is 0.278 e. The van der Waals surface area contributed by atoms with Crippen molar-refractivity contribution >= 4 is 10.9 Å². The molecular weight excluding hydrogens is 256 g/mol. The molecule has 2 aromatic rings. The van der Waals surface area contributed by atoms with Gasteiger partial charge in [0.2, 0.25) is 0 Å². The first kappa shape index (κ1) is 12.7. The molecule has 1 aromatic heterocycles. The first-order valence-corrected chi connectivity index (χ1v) is 6.46. The highest BCUT2D eigenvalue weighted by atomic mass is 16.1. The minimum atomic E-state index is -0.246. The molecule has 20 heavy (non-hydrogen) atoms. The van der Waals surface area contributed by atoms with Gasteiger partial charge < -0.3 is 5.32 Å². The van der Waals surface area contributed by atoms with Crippen molar-refractivity contribution in [3.63, 3.8) is 0 Å². The number of hydrogen-bond donors (Lipinski definition) is 1. The quantitative estimate of drug-likeness (QED) is 0.795. The van der Waals surface area contributed by atoms with Crippen LogP contribution in [0.15, 0.2) is 29.1 Å². The van der Waals surface area contributed by atoms with E-state index >= 15 is 0 Å². The minimum Gasteiger partial charge on any atom is -0.313 e. The van der Waals surface area contributed by atoms with E-state index in [1.54, 1.807) is 18.2 Å². The predicted molar refractivity (Wildman–Crippen MR) is 72.8 cm³/mol. The van der Waals surface area contributed by atoms with Crippen LogP contribution in [0.4, 0.5) is 0 Å². The second-order valence-corrected chi connectivity index (χ2v) is 4.71. The molecule has 0 bridgehead atoms. The van der Waals surface area contributed by atoms with Crippen LogP contribution in [0.3, 0.4) is 0 Å². The third-order valence-corrected chi connectivity index (χ3v) is 3.45. The third kappa shape index (κ3) is 2.27. The fourth-order valence-electron chi connectivity index (χ4n) is 2.33. The standard InChI is InChI=1S/C13H14N6O/c14-7-10-8-15-5-6-18(10)9-19-13(20)11-3-1-2-4-12(11)16-17-19/h1-4,10,15H,5-6,8-9H2. The van der Waals surface area contributed by atoms with Gasteiger partial charge in [-0.2, -0.15) is 9.94 Å². The molecule has 0 amide bonds. The topological polar surface area (TPSA) is 86.8 Å². The molecule has 1 saturated heterocycles. The van der Waals surface area contributed by atoms with Crippen molar-refractivity contribution in [2.75, 3.05) is 19.6 Å². The summed E-state index contributed by atoms with van der Waals surface area (Å²) in [4.78, 5) is 14.3. The summed E-state index contributed by atoms with van der Waals surface area (Å²) in [5.41, 5.74) is 0.414. The number of hydrogen-bond acceptors (Lipinski definition) is 6. The smallest absolute Gasteiger partial charge is 0.278 e. The Morgan fingerprint density at radius 2 is 2.30 bits per heavy atom. The molecule has 1 N–H and O–H groups in total. The summed E-state index contributed by atoms with van der Waals surface area (Å²) < 4.78 is 1.32. The lowest BCUT2D eigenvalue weighted by Crippen LogP contribution is -2.52. The number of benzene rings is 1. The Bertz CT molecular complexity index is 719. The van der Waals surface area contributed by atoms with Crippen LogP contribution in [0.2, 0.25) is 0 Å². The van der Waals surface area contributed by atoms with E-state index in [2.05, 4.69) is 21.7 Å². The van der Waals surface area contributed by atoms with E-state index < -0.39 is 0 Å². The molecule has 2 heterocycles. The molecule has 0 saturated carbocycles. The number of rotatable bonds is 2. The Morgan fingerprint density at radius 1 is 1.45 bits per heavy atom. The summed E-state index contributed by atoms with van der Waals surface area (Å²) in [7, 11) is 0. The number of piperazine rings is 1. The van der Waals surface area contributed by atoms with Gasteiger partial charge in [0.25, 0.3) is 5.56 Å². The average Bonchev–Trinajstić information content (AvgIpc) is 2.51. The van der Waals surface area contributed by atoms with E-state index in [9.17, 15) is 4.79 Å². The van der Waals surface area contributed by atoms with Gasteiger partial charge in [0.1, 0.15) is 11.6 Å². The lowest BCUT2D eigenvalue weighted by molar-refractivity contribution is 0.141. The summed E-state index contributed by atoms with van der Waals surface area (Å²) in [5.74, 6) is 0. The highest BCUT2D eigenvalue weighted by Gasteiger charge is 2.22. The van der Waals surface area contributed by atoms with Crippen molar-refractivity contribution < 1.29 is 0 Å². The van der Waals surface area contributed by atoms with Crippen LogP contribution in [-0.2, 0) is 6.67 Å². The van der Waals surface area contributed by atoms with Crippen molar-refractivity contribution in [2.24, 2.45) is 0 Å². The Labute approximate surface area is 115 Å². The summed E-state index contributed by atoms with van der Waals surface area (Å²) in [6.07, 6.45) is 0. The number of fused-ring (bicyclic) bond motifs is 1. The normalized spacial score (nSPS) is 19.9. The lowest BCUT2D eigenvalue weighted by Gasteiger charge is -2.31. The van der Waals surface area contributed by atoms with Crippen LogP contribution in [0.25, 0.3) is 10.9 Å². The Kier molecular flexibility index (Phi) is 3.41. The molecular formula is C13H14N6O. The molecule has 102 valence electrons. The van der Waals surface area contributed by atoms with Crippen LogP contribution in [-0.4, -0.2) is 45.6 Å². The van der Waals surface area contributed by atoms with Gasteiger partial charge in [0.05, 0.1) is 18.1 Å². The van der Waals surface area contributed by atoms with Gasteiger partial charge in [-0.1, -0.05) is 17.3 Å². The van der Waals surface area contributed by atoms with E-state index in [4.69, 9.17) is 5.26 Å². The first-order chi connectivity index (χ1) is 9.79. The number of nitriles is 1. The Balaban J connectivity index is 1.93. The predicted octanol–water partition coefficient (Wildman–Crippen LogP) is -0.454.